The maximum atomic E-state index is 12.0. The Morgan fingerprint density at radius 1 is 1.31 bits per heavy atom. The number of pyridine rings is 1. The van der Waals surface area contributed by atoms with E-state index >= 15 is 0 Å². The van der Waals surface area contributed by atoms with Gasteiger partial charge in [0.15, 0.2) is 6.23 Å². The van der Waals surface area contributed by atoms with E-state index in [4.69, 9.17) is 16.3 Å². The van der Waals surface area contributed by atoms with E-state index in [0.717, 1.165) is 36.4 Å². The third kappa shape index (κ3) is 4.03. The summed E-state index contributed by atoms with van der Waals surface area (Å²) < 4.78 is 32.9. The molecule has 1 aliphatic heterocycles. The molecule has 1 aliphatic rings. The molecule has 1 aromatic carbocycles. The zero-order valence-corrected chi connectivity index (χ0v) is 17.7. The van der Waals surface area contributed by atoms with Crippen molar-refractivity contribution >= 4 is 49.7 Å². The number of sulfonamides is 1. The second-order valence-electron chi connectivity index (χ2n) is 7.01. The summed E-state index contributed by atoms with van der Waals surface area (Å²) in [5.74, 6) is 0.504. The van der Waals surface area contributed by atoms with Crippen LogP contribution in [-0.4, -0.2) is 43.1 Å². The standard InChI is InChI=1S/C19H22ClN5O3S/c1-24(29(2,26)27)15-8-4-3-7-14(15)22-19-13-12-21-25(16(13)11-17(20)23-19)18-9-5-6-10-28-18/h3-4,7-8,11-12,18H,5-6,9-10H2,1-2H3,(H,22,23). The molecule has 154 valence electrons. The number of hydrogen-bond donors (Lipinski definition) is 1. The monoisotopic (exact) mass is 435 g/mol. The van der Waals surface area contributed by atoms with Crippen LogP contribution in [0.15, 0.2) is 36.5 Å². The van der Waals surface area contributed by atoms with Crippen molar-refractivity contribution in [3.05, 3.63) is 41.7 Å². The van der Waals surface area contributed by atoms with Gasteiger partial charge in [-0.3, -0.25) is 4.31 Å². The first-order valence-corrected chi connectivity index (χ1v) is 11.5. The predicted molar refractivity (Wildman–Crippen MR) is 114 cm³/mol. The molecule has 0 bridgehead atoms. The first-order chi connectivity index (χ1) is 13.8. The van der Waals surface area contributed by atoms with Gasteiger partial charge in [-0.15, -0.1) is 0 Å². The van der Waals surface area contributed by atoms with Gasteiger partial charge < -0.3 is 10.1 Å². The maximum Gasteiger partial charge on any atom is 0.232 e. The second kappa shape index (κ2) is 7.81. The Hall–Kier alpha value is -2.36. The third-order valence-electron chi connectivity index (χ3n) is 4.99. The van der Waals surface area contributed by atoms with Gasteiger partial charge in [0.05, 0.1) is 34.7 Å². The van der Waals surface area contributed by atoms with E-state index < -0.39 is 10.0 Å². The van der Waals surface area contributed by atoms with Crippen molar-refractivity contribution in [1.82, 2.24) is 14.8 Å². The van der Waals surface area contributed by atoms with Crippen LogP contribution in [0.3, 0.4) is 0 Å². The van der Waals surface area contributed by atoms with Gasteiger partial charge in [0.25, 0.3) is 0 Å². The molecule has 0 spiro atoms. The number of benzene rings is 1. The molecule has 2 aromatic heterocycles. The van der Waals surface area contributed by atoms with E-state index in [0.29, 0.717) is 29.0 Å². The number of anilines is 3. The molecule has 0 amide bonds. The molecule has 3 heterocycles. The van der Waals surface area contributed by atoms with Gasteiger partial charge >= 0.3 is 0 Å². The Morgan fingerprint density at radius 3 is 2.83 bits per heavy atom. The molecule has 0 saturated carbocycles. The van der Waals surface area contributed by atoms with Gasteiger partial charge in [-0.05, 0) is 31.4 Å². The lowest BCUT2D eigenvalue weighted by atomic mass is 10.2. The number of nitrogens with zero attached hydrogens (tertiary/aromatic N) is 4. The number of ether oxygens (including phenoxy) is 1. The number of halogens is 1. The fraction of sp³-hybridized carbons (Fsp3) is 0.368. The zero-order chi connectivity index (χ0) is 20.6. The van der Waals surface area contributed by atoms with E-state index in [1.54, 1.807) is 30.5 Å². The molecule has 29 heavy (non-hydrogen) atoms. The first-order valence-electron chi connectivity index (χ1n) is 9.30. The van der Waals surface area contributed by atoms with Gasteiger partial charge in [0.2, 0.25) is 10.0 Å². The van der Waals surface area contributed by atoms with Crippen LogP contribution in [0.5, 0.6) is 0 Å². The van der Waals surface area contributed by atoms with E-state index in [1.807, 2.05) is 10.7 Å². The highest BCUT2D eigenvalue weighted by Gasteiger charge is 2.21. The lowest BCUT2D eigenvalue weighted by molar-refractivity contribution is -0.0366. The minimum atomic E-state index is -3.42. The highest BCUT2D eigenvalue weighted by Crippen LogP contribution is 2.34. The number of para-hydroxylation sites is 2. The summed E-state index contributed by atoms with van der Waals surface area (Å²) in [5, 5.41) is 8.83. The number of aromatic nitrogens is 3. The van der Waals surface area contributed by atoms with Crippen LogP contribution in [-0.2, 0) is 14.8 Å². The van der Waals surface area contributed by atoms with E-state index in [-0.39, 0.29) is 6.23 Å². The van der Waals surface area contributed by atoms with E-state index in [9.17, 15) is 8.42 Å². The summed E-state index contributed by atoms with van der Waals surface area (Å²) in [4.78, 5) is 4.41. The number of fused-ring (bicyclic) bond motifs is 1. The van der Waals surface area contributed by atoms with Crippen LogP contribution >= 0.6 is 11.6 Å². The quantitative estimate of drug-likeness (QED) is 0.611. The molecular formula is C19H22ClN5O3S. The molecule has 3 aromatic rings. The van der Waals surface area contributed by atoms with Crippen LogP contribution in [0, 0.1) is 0 Å². The highest BCUT2D eigenvalue weighted by atomic mass is 35.5. The van der Waals surface area contributed by atoms with Crippen molar-refractivity contribution in [1.29, 1.82) is 0 Å². The second-order valence-corrected chi connectivity index (χ2v) is 9.41. The van der Waals surface area contributed by atoms with Crippen molar-refractivity contribution in [2.45, 2.75) is 25.5 Å². The molecule has 10 heteroatoms. The Bertz CT molecular complexity index is 1140. The average Bonchev–Trinajstić information content (AvgIpc) is 3.12. The summed E-state index contributed by atoms with van der Waals surface area (Å²) in [6.07, 6.45) is 5.78. The van der Waals surface area contributed by atoms with Gasteiger partial charge in [-0.1, -0.05) is 23.7 Å². The van der Waals surface area contributed by atoms with E-state index in [2.05, 4.69) is 15.4 Å². The fourth-order valence-corrected chi connectivity index (χ4v) is 4.12. The van der Waals surface area contributed by atoms with Gasteiger partial charge in [0.1, 0.15) is 11.0 Å². The number of nitrogens with one attached hydrogen (secondary N) is 1. The molecule has 1 unspecified atom stereocenters. The summed E-state index contributed by atoms with van der Waals surface area (Å²) in [6.45, 7) is 0.709. The first kappa shape index (κ1) is 19.9. The molecule has 0 radical (unpaired) electrons. The smallest absolute Gasteiger partial charge is 0.232 e. The Kier molecular flexibility index (Phi) is 5.37. The van der Waals surface area contributed by atoms with Crippen molar-refractivity contribution in [2.75, 3.05) is 29.5 Å². The van der Waals surface area contributed by atoms with Crippen LogP contribution in [0.4, 0.5) is 17.2 Å². The molecule has 1 fully saturated rings. The SMILES string of the molecule is CN(c1ccccc1Nc1nc(Cl)cc2c1cnn2C1CCCCO1)S(C)(=O)=O. The van der Waals surface area contributed by atoms with Crippen LogP contribution < -0.4 is 9.62 Å². The van der Waals surface area contributed by atoms with Crippen LogP contribution in [0.25, 0.3) is 10.9 Å². The molecule has 1 atom stereocenters. The summed E-state index contributed by atoms with van der Waals surface area (Å²) in [7, 11) is -1.91. The summed E-state index contributed by atoms with van der Waals surface area (Å²) >= 11 is 6.29. The number of hydrogen-bond acceptors (Lipinski definition) is 6. The van der Waals surface area contributed by atoms with Crippen LogP contribution in [0.1, 0.15) is 25.5 Å². The van der Waals surface area contributed by atoms with Crippen molar-refractivity contribution in [3.8, 4) is 0 Å². The minimum absolute atomic E-state index is 0.128. The van der Waals surface area contributed by atoms with Gasteiger partial charge in [-0.2, -0.15) is 5.10 Å². The minimum Gasteiger partial charge on any atom is -0.356 e. The lowest BCUT2D eigenvalue weighted by Crippen LogP contribution is -2.25. The summed E-state index contributed by atoms with van der Waals surface area (Å²) in [6, 6.07) is 8.89. The summed E-state index contributed by atoms with van der Waals surface area (Å²) in [5.41, 5.74) is 1.92. The number of rotatable bonds is 5. The topological polar surface area (TPSA) is 89.3 Å². The van der Waals surface area contributed by atoms with E-state index in [1.165, 1.54) is 11.4 Å². The molecular weight excluding hydrogens is 414 g/mol. The Labute approximate surface area is 174 Å². The van der Waals surface area contributed by atoms with Gasteiger partial charge in [0, 0.05) is 19.7 Å². The Balaban J connectivity index is 1.76. The largest absolute Gasteiger partial charge is 0.356 e. The molecule has 8 nitrogen and oxygen atoms in total. The van der Waals surface area contributed by atoms with Crippen molar-refractivity contribution in [2.24, 2.45) is 0 Å². The van der Waals surface area contributed by atoms with Crippen LogP contribution in [0.2, 0.25) is 5.15 Å². The van der Waals surface area contributed by atoms with Crippen molar-refractivity contribution in [3.63, 3.8) is 0 Å². The fourth-order valence-electron chi connectivity index (χ4n) is 3.41. The van der Waals surface area contributed by atoms with Crippen molar-refractivity contribution < 1.29 is 13.2 Å². The predicted octanol–water partition coefficient (Wildman–Crippen LogP) is 3.92. The Morgan fingerprint density at radius 2 is 2.10 bits per heavy atom. The third-order valence-corrected chi connectivity index (χ3v) is 6.37. The average molecular weight is 436 g/mol. The molecule has 4 rings (SSSR count). The maximum absolute atomic E-state index is 12.0. The van der Waals surface area contributed by atoms with Gasteiger partial charge in [-0.25, -0.2) is 18.1 Å². The lowest BCUT2D eigenvalue weighted by Gasteiger charge is -2.23. The molecule has 0 aliphatic carbocycles. The highest BCUT2D eigenvalue weighted by molar-refractivity contribution is 7.92. The molecule has 1 N–H and O–H groups in total. The molecule has 1 saturated heterocycles. The zero-order valence-electron chi connectivity index (χ0n) is 16.2. The normalized spacial score (nSPS) is 17.4.